The number of nitrogens with zero attached hydrogens (tertiary/aromatic N) is 2. The summed E-state index contributed by atoms with van der Waals surface area (Å²) >= 11 is 9.33. The molecular weight excluding hydrogens is 343 g/mol. The molecule has 0 atom stereocenters. The van der Waals surface area contributed by atoms with E-state index in [0.717, 1.165) is 27.0 Å². The molecule has 0 aliphatic rings. The zero-order valence-electron chi connectivity index (χ0n) is 10.5. The maximum absolute atomic E-state index is 13.6. The number of rotatable bonds is 3. The van der Waals surface area contributed by atoms with Crippen molar-refractivity contribution in [3.05, 3.63) is 58.6 Å². The summed E-state index contributed by atoms with van der Waals surface area (Å²) in [5, 5.41) is 0. The van der Waals surface area contributed by atoms with Gasteiger partial charge in [-0.3, -0.25) is 4.57 Å². The minimum atomic E-state index is -0.280. The molecule has 0 radical (unpaired) electrons. The van der Waals surface area contributed by atoms with Crippen molar-refractivity contribution in [2.75, 3.05) is 5.88 Å². The largest absolute Gasteiger partial charge is 0.295 e. The quantitative estimate of drug-likeness (QED) is 0.624. The standard InChI is InChI=1S/C15H11BrClFN2/c16-11-6-5-10(18)9-14(11)20-13-4-2-1-3-12(13)19-15(20)7-8-17/h1-6,9H,7-8H2. The van der Waals surface area contributed by atoms with Crippen molar-refractivity contribution in [2.24, 2.45) is 0 Å². The summed E-state index contributed by atoms with van der Waals surface area (Å²) in [6.07, 6.45) is 0.624. The summed E-state index contributed by atoms with van der Waals surface area (Å²) in [6, 6.07) is 12.4. The average Bonchev–Trinajstić information content (AvgIpc) is 2.80. The van der Waals surface area contributed by atoms with E-state index in [-0.39, 0.29) is 5.82 Å². The van der Waals surface area contributed by atoms with Crippen LogP contribution < -0.4 is 0 Å². The van der Waals surface area contributed by atoms with Gasteiger partial charge in [0.25, 0.3) is 0 Å². The second kappa shape index (κ2) is 5.54. The van der Waals surface area contributed by atoms with Crippen molar-refractivity contribution in [3.63, 3.8) is 0 Å². The van der Waals surface area contributed by atoms with Gasteiger partial charge in [0.1, 0.15) is 11.6 Å². The second-order valence-corrected chi connectivity index (χ2v) is 5.62. The molecule has 0 amide bonds. The highest BCUT2D eigenvalue weighted by Gasteiger charge is 2.14. The third-order valence-electron chi connectivity index (χ3n) is 3.10. The van der Waals surface area contributed by atoms with Crippen LogP contribution in [-0.4, -0.2) is 15.4 Å². The molecule has 20 heavy (non-hydrogen) atoms. The normalized spacial score (nSPS) is 11.2. The van der Waals surface area contributed by atoms with E-state index in [1.165, 1.54) is 12.1 Å². The molecule has 0 aliphatic carbocycles. The maximum Gasteiger partial charge on any atom is 0.125 e. The fraction of sp³-hybridized carbons (Fsp3) is 0.133. The number of alkyl halides is 1. The lowest BCUT2D eigenvalue weighted by Gasteiger charge is -2.11. The molecule has 1 aromatic heterocycles. The highest BCUT2D eigenvalue weighted by atomic mass is 79.9. The maximum atomic E-state index is 13.6. The first-order valence-corrected chi connectivity index (χ1v) is 7.51. The molecule has 0 saturated heterocycles. The number of benzene rings is 2. The molecule has 2 nitrogen and oxygen atoms in total. The lowest BCUT2D eigenvalue weighted by molar-refractivity contribution is 0.626. The minimum absolute atomic E-state index is 0.280. The molecule has 5 heteroatoms. The molecule has 0 unspecified atom stereocenters. The lowest BCUT2D eigenvalue weighted by atomic mass is 10.2. The van der Waals surface area contributed by atoms with Gasteiger partial charge in [-0.25, -0.2) is 9.37 Å². The molecule has 0 N–H and O–H groups in total. The molecule has 0 aliphatic heterocycles. The molecule has 1 heterocycles. The number of fused-ring (bicyclic) bond motifs is 1. The Labute approximate surface area is 129 Å². The van der Waals surface area contributed by atoms with Gasteiger partial charge in [-0.2, -0.15) is 0 Å². The predicted molar refractivity (Wildman–Crippen MR) is 83.2 cm³/mol. The molecule has 3 rings (SSSR count). The zero-order valence-corrected chi connectivity index (χ0v) is 12.8. The zero-order chi connectivity index (χ0) is 14.1. The summed E-state index contributed by atoms with van der Waals surface area (Å²) in [5.41, 5.74) is 2.56. The minimum Gasteiger partial charge on any atom is -0.295 e. The average molecular weight is 354 g/mol. The SMILES string of the molecule is Fc1ccc(Br)c(-n2c(CCCl)nc3ccccc32)c1. The molecule has 2 aromatic carbocycles. The summed E-state index contributed by atoms with van der Waals surface area (Å²) in [7, 11) is 0. The fourth-order valence-electron chi connectivity index (χ4n) is 2.25. The smallest absolute Gasteiger partial charge is 0.125 e. The van der Waals surface area contributed by atoms with Gasteiger partial charge in [-0.1, -0.05) is 12.1 Å². The van der Waals surface area contributed by atoms with Crippen LogP contribution >= 0.6 is 27.5 Å². The summed E-state index contributed by atoms with van der Waals surface area (Å²) < 4.78 is 16.3. The Morgan fingerprint density at radius 1 is 1.20 bits per heavy atom. The predicted octanol–water partition coefficient (Wildman–Crippen LogP) is 4.71. The highest BCUT2D eigenvalue weighted by molar-refractivity contribution is 9.10. The lowest BCUT2D eigenvalue weighted by Crippen LogP contribution is -2.03. The van der Waals surface area contributed by atoms with Crippen molar-refractivity contribution in [2.45, 2.75) is 6.42 Å². The Bertz CT molecular complexity index is 770. The van der Waals surface area contributed by atoms with Gasteiger partial charge >= 0.3 is 0 Å². The Kier molecular flexibility index (Phi) is 3.76. The molecule has 0 saturated carbocycles. The van der Waals surface area contributed by atoms with Crippen LogP contribution in [0.4, 0.5) is 4.39 Å². The van der Waals surface area contributed by atoms with Crippen molar-refractivity contribution < 1.29 is 4.39 Å². The van der Waals surface area contributed by atoms with Crippen LogP contribution in [0, 0.1) is 5.82 Å². The van der Waals surface area contributed by atoms with E-state index in [2.05, 4.69) is 20.9 Å². The van der Waals surface area contributed by atoms with Gasteiger partial charge in [-0.05, 0) is 46.3 Å². The number of hydrogen-bond acceptors (Lipinski definition) is 1. The summed E-state index contributed by atoms with van der Waals surface area (Å²) in [5.74, 6) is 1.02. The van der Waals surface area contributed by atoms with E-state index in [4.69, 9.17) is 11.6 Å². The van der Waals surface area contributed by atoms with Crippen LogP contribution in [0.2, 0.25) is 0 Å². The Hall–Kier alpha value is -1.39. The Morgan fingerprint density at radius 2 is 2.00 bits per heavy atom. The van der Waals surface area contributed by atoms with Crippen molar-refractivity contribution >= 4 is 38.6 Å². The van der Waals surface area contributed by atoms with Crippen molar-refractivity contribution in [3.8, 4) is 5.69 Å². The van der Waals surface area contributed by atoms with Crippen LogP contribution in [0.3, 0.4) is 0 Å². The first-order chi connectivity index (χ1) is 9.70. The fourth-order valence-corrected chi connectivity index (χ4v) is 2.85. The van der Waals surface area contributed by atoms with Gasteiger partial charge < -0.3 is 0 Å². The Morgan fingerprint density at radius 3 is 2.80 bits per heavy atom. The molecule has 102 valence electrons. The van der Waals surface area contributed by atoms with Crippen molar-refractivity contribution in [1.29, 1.82) is 0 Å². The first-order valence-electron chi connectivity index (χ1n) is 6.18. The molecule has 0 fully saturated rings. The van der Waals surface area contributed by atoms with Gasteiger partial charge in [0.2, 0.25) is 0 Å². The van der Waals surface area contributed by atoms with E-state index in [1.807, 2.05) is 28.8 Å². The van der Waals surface area contributed by atoms with E-state index in [9.17, 15) is 4.39 Å². The summed E-state index contributed by atoms with van der Waals surface area (Å²) in [4.78, 5) is 4.58. The van der Waals surface area contributed by atoms with Gasteiger partial charge in [0, 0.05) is 16.8 Å². The highest BCUT2D eigenvalue weighted by Crippen LogP contribution is 2.28. The van der Waals surface area contributed by atoms with Crippen LogP contribution in [0.5, 0.6) is 0 Å². The van der Waals surface area contributed by atoms with E-state index < -0.39 is 0 Å². The molecular formula is C15H11BrClFN2. The van der Waals surface area contributed by atoms with E-state index >= 15 is 0 Å². The second-order valence-electron chi connectivity index (χ2n) is 4.39. The van der Waals surface area contributed by atoms with Gasteiger partial charge in [-0.15, -0.1) is 11.6 Å². The summed E-state index contributed by atoms with van der Waals surface area (Å²) in [6.45, 7) is 0. The topological polar surface area (TPSA) is 17.8 Å². The monoisotopic (exact) mass is 352 g/mol. The first kappa shape index (κ1) is 13.6. The molecule has 0 bridgehead atoms. The van der Waals surface area contributed by atoms with E-state index in [1.54, 1.807) is 6.07 Å². The van der Waals surface area contributed by atoms with Gasteiger partial charge in [0.05, 0.1) is 16.7 Å². The van der Waals surface area contributed by atoms with Crippen LogP contribution in [-0.2, 0) is 6.42 Å². The number of aryl methyl sites for hydroxylation is 1. The number of aromatic nitrogens is 2. The number of halogens is 3. The van der Waals surface area contributed by atoms with Crippen LogP contribution in [0.1, 0.15) is 5.82 Å². The third-order valence-corrected chi connectivity index (χ3v) is 3.96. The van der Waals surface area contributed by atoms with Crippen LogP contribution in [0.25, 0.3) is 16.7 Å². The number of para-hydroxylation sites is 2. The van der Waals surface area contributed by atoms with E-state index in [0.29, 0.717) is 12.3 Å². The van der Waals surface area contributed by atoms with Gasteiger partial charge in [0.15, 0.2) is 0 Å². The number of hydrogen-bond donors (Lipinski definition) is 0. The molecule has 3 aromatic rings. The Balaban J connectivity index is 2.33. The van der Waals surface area contributed by atoms with Crippen molar-refractivity contribution in [1.82, 2.24) is 9.55 Å². The number of imidazole rings is 1. The molecule has 0 spiro atoms. The third kappa shape index (κ3) is 2.34. The van der Waals surface area contributed by atoms with Crippen LogP contribution in [0.15, 0.2) is 46.9 Å².